The number of ether oxygens (including phenoxy) is 2. The molecule has 4 fully saturated rings. The molecule has 128 valence electrons. The molecule has 2 atom stereocenters. The second kappa shape index (κ2) is 5.17. The van der Waals surface area contributed by atoms with Crippen molar-refractivity contribution in [3.8, 4) is 5.75 Å². The van der Waals surface area contributed by atoms with Gasteiger partial charge in [-0.05, 0) is 56.1 Å². The normalized spacial score (nSPS) is 36.4. The third-order valence-electron chi connectivity index (χ3n) is 5.60. The minimum absolute atomic E-state index is 0.0538. The molecule has 0 aliphatic heterocycles. The Kier molecular flexibility index (Phi) is 3.32. The number of benzene rings is 1. The molecule has 4 saturated carbocycles. The van der Waals surface area contributed by atoms with E-state index in [1.54, 1.807) is 0 Å². The number of nitrogens with two attached hydrogens (primary N) is 1. The number of nitro benzene ring substituents is 1. The van der Waals surface area contributed by atoms with Gasteiger partial charge in [0.15, 0.2) is 0 Å². The van der Waals surface area contributed by atoms with Crippen LogP contribution < -0.4 is 10.5 Å². The maximum absolute atomic E-state index is 12.2. The molecule has 0 saturated heterocycles. The Bertz CT molecular complexity index is 673. The molecular formula is C17H20N2O5. The zero-order chi connectivity index (χ0) is 16.9. The van der Waals surface area contributed by atoms with Gasteiger partial charge in [0.25, 0.3) is 5.69 Å². The summed E-state index contributed by atoms with van der Waals surface area (Å²) in [5, 5.41) is 10.6. The number of nitro groups is 1. The van der Waals surface area contributed by atoms with Crippen molar-refractivity contribution in [1.82, 2.24) is 0 Å². The van der Waals surface area contributed by atoms with Gasteiger partial charge in [0.2, 0.25) is 0 Å². The second-order valence-electron chi connectivity index (χ2n) is 7.71. The predicted octanol–water partition coefficient (Wildman–Crippen LogP) is 3.16. The van der Waals surface area contributed by atoms with Gasteiger partial charge in [-0.15, -0.1) is 0 Å². The van der Waals surface area contributed by atoms with Gasteiger partial charge in [0, 0.05) is 24.1 Å². The molecule has 0 spiro atoms. The van der Waals surface area contributed by atoms with E-state index in [-0.39, 0.29) is 17.0 Å². The SMILES string of the molecule is NC12CC3CC(C1)CC(OC(=O)Oc1ccc([N+](=O)[O-])cc1)(C3)C2. The largest absolute Gasteiger partial charge is 0.514 e. The van der Waals surface area contributed by atoms with Crippen LogP contribution in [-0.4, -0.2) is 22.2 Å². The van der Waals surface area contributed by atoms with Crippen LogP contribution in [-0.2, 0) is 4.74 Å². The molecule has 0 amide bonds. The molecule has 7 nitrogen and oxygen atoms in total. The molecular weight excluding hydrogens is 312 g/mol. The fourth-order valence-electron chi connectivity index (χ4n) is 5.30. The van der Waals surface area contributed by atoms with Crippen LogP contribution in [0.3, 0.4) is 0 Å². The third-order valence-corrected chi connectivity index (χ3v) is 5.60. The molecule has 1 aromatic carbocycles. The summed E-state index contributed by atoms with van der Waals surface area (Å²) < 4.78 is 10.9. The van der Waals surface area contributed by atoms with Crippen LogP contribution in [0, 0.1) is 22.0 Å². The summed E-state index contributed by atoms with van der Waals surface area (Å²) in [7, 11) is 0. The molecule has 2 N–H and O–H groups in total. The molecule has 1 aromatic rings. The van der Waals surface area contributed by atoms with E-state index in [4.69, 9.17) is 15.2 Å². The Morgan fingerprint density at radius 2 is 1.79 bits per heavy atom. The van der Waals surface area contributed by atoms with Gasteiger partial charge in [-0.25, -0.2) is 4.79 Å². The molecule has 0 aromatic heterocycles. The lowest BCUT2D eigenvalue weighted by Gasteiger charge is -2.59. The summed E-state index contributed by atoms with van der Waals surface area (Å²) in [6, 6.07) is 5.37. The maximum Gasteiger partial charge on any atom is 0.514 e. The van der Waals surface area contributed by atoms with Gasteiger partial charge < -0.3 is 15.2 Å². The number of hydrogen-bond donors (Lipinski definition) is 1. The number of carbonyl (C=O) groups excluding carboxylic acids is 1. The van der Waals surface area contributed by atoms with E-state index < -0.39 is 16.7 Å². The first kappa shape index (κ1) is 15.4. The Balaban J connectivity index is 1.43. The van der Waals surface area contributed by atoms with E-state index >= 15 is 0 Å². The summed E-state index contributed by atoms with van der Waals surface area (Å²) in [5.41, 5.74) is 5.72. The fourth-order valence-corrected chi connectivity index (χ4v) is 5.30. The quantitative estimate of drug-likeness (QED) is 0.394. The van der Waals surface area contributed by atoms with Crippen LogP contribution in [0.2, 0.25) is 0 Å². The van der Waals surface area contributed by atoms with E-state index in [1.165, 1.54) is 30.7 Å². The highest BCUT2D eigenvalue weighted by Crippen LogP contribution is 2.58. The van der Waals surface area contributed by atoms with E-state index in [0.29, 0.717) is 18.3 Å². The average Bonchev–Trinajstić information content (AvgIpc) is 2.44. The summed E-state index contributed by atoms with van der Waals surface area (Å²) in [6.45, 7) is 0. The van der Waals surface area contributed by atoms with Crippen LogP contribution in [0.5, 0.6) is 5.75 Å². The Labute approximate surface area is 139 Å². The average molecular weight is 332 g/mol. The van der Waals surface area contributed by atoms with Crippen molar-refractivity contribution in [1.29, 1.82) is 0 Å². The van der Waals surface area contributed by atoms with Gasteiger partial charge in [0.1, 0.15) is 11.4 Å². The number of hydrogen-bond acceptors (Lipinski definition) is 6. The lowest BCUT2D eigenvalue weighted by molar-refractivity contribution is -0.384. The molecule has 4 aliphatic rings. The van der Waals surface area contributed by atoms with Crippen LogP contribution in [0.15, 0.2) is 24.3 Å². The van der Waals surface area contributed by atoms with Gasteiger partial charge >= 0.3 is 6.16 Å². The first-order chi connectivity index (χ1) is 11.3. The summed E-state index contributed by atoms with van der Waals surface area (Å²) in [6.07, 6.45) is 4.88. The van der Waals surface area contributed by atoms with Crippen molar-refractivity contribution < 1.29 is 19.2 Å². The number of nitrogens with zero attached hydrogens (tertiary/aromatic N) is 1. The standard InChI is InChI=1S/C17H20N2O5/c18-16-6-11-5-12(7-16)9-17(8-11,10-16)24-15(20)23-14-3-1-13(2-4-14)19(21)22/h1-4,11-12H,5-10,18H2. The van der Waals surface area contributed by atoms with Gasteiger partial charge in [-0.2, -0.15) is 0 Å². The van der Waals surface area contributed by atoms with E-state index in [0.717, 1.165) is 25.7 Å². The first-order valence-corrected chi connectivity index (χ1v) is 8.29. The van der Waals surface area contributed by atoms with Crippen LogP contribution in [0.25, 0.3) is 0 Å². The van der Waals surface area contributed by atoms with Gasteiger partial charge in [-0.1, -0.05) is 0 Å². The summed E-state index contributed by atoms with van der Waals surface area (Å²) in [4.78, 5) is 22.3. The highest BCUT2D eigenvalue weighted by Gasteiger charge is 2.58. The summed E-state index contributed by atoms with van der Waals surface area (Å²) in [5.74, 6) is 1.30. The number of non-ortho nitro benzene ring substituents is 1. The molecule has 0 heterocycles. The molecule has 2 unspecified atom stereocenters. The zero-order valence-corrected chi connectivity index (χ0v) is 13.3. The van der Waals surface area contributed by atoms with Gasteiger partial charge in [0.05, 0.1) is 4.92 Å². The lowest BCUT2D eigenvalue weighted by atomic mass is 9.51. The molecule has 0 radical (unpaired) electrons. The van der Waals surface area contributed by atoms with Crippen molar-refractivity contribution in [3.63, 3.8) is 0 Å². The van der Waals surface area contributed by atoms with Crippen molar-refractivity contribution in [2.45, 2.75) is 49.7 Å². The first-order valence-electron chi connectivity index (χ1n) is 8.29. The number of carbonyl (C=O) groups is 1. The van der Waals surface area contributed by atoms with E-state index in [1.807, 2.05) is 0 Å². The van der Waals surface area contributed by atoms with Crippen LogP contribution >= 0.6 is 0 Å². The van der Waals surface area contributed by atoms with Crippen molar-refractivity contribution in [2.24, 2.45) is 17.6 Å². The molecule has 7 heteroatoms. The van der Waals surface area contributed by atoms with Crippen LogP contribution in [0.4, 0.5) is 10.5 Å². The van der Waals surface area contributed by atoms with E-state index in [9.17, 15) is 14.9 Å². The van der Waals surface area contributed by atoms with Crippen molar-refractivity contribution in [3.05, 3.63) is 34.4 Å². The fraction of sp³-hybridized carbons (Fsp3) is 0.588. The topological polar surface area (TPSA) is 105 Å². The molecule has 4 aliphatic carbocycles. The predicted molar refractivity (Wildman–Crippen MR) is 84.5 cm³/mol. The molecule has 24 heavy (non-hydrogen) atoms. The van der Waals surface area contributed by atoms with Crippen LogP contribution in [0.1, 0.15) is 38.5 Å². The highest BCUT2D eigenvalue weighted by atomic mass is 16.7. The Morgan fingerprint density at radius 3 is 2.33 bits per heavy atom. The number of rotatable bonds is 3. The summed E-state index contributed by atoms with van der Waals surface area (Å²) >= 11 is 0. The Hall–Kier alpha value is -2.15. The maximum atomic E-state index is 12.2. The molecule has 5 rings (SSSR count). The van der Waals surface area contributed by atoms with Crippen molar-refractivity contribution >= 4 is 11.8 Å². The smallest absolute Gasteiger partial charge is 0.427 e. The van der Waals surface area contributed by atoms with Gasteiger partial charge in [-0.3, -0.25) is 10.1 Å². The Morgan fingerprint density at radius 1 is 1.17 bits per heavy atom. The minimum Gasteiger partial charge on any atom is -0.427 e. The van der Waals surface area contributed by atoms with Crippen molar-refractivity contribution in [2.75, 3.05) is 0 Å². The lowest BCUT2D eigenvalue weighted by Crippen LogP contribution is -2.64. The third kappa shape index (κ3) is 2.73. The van der Waals surface area contributed by atoms with E-state index in [2.05, 4.69) is 0 Å². The minimum atomic E-state index is -0.755. The highest BCUT2D eigenvalue weighted by molar-refractivity contribution is 5.64. The zero-order valence-electron chi connectivity index (χ0n) is 13.3. The second-order valence-corrected chi connectivity index (χ2v) is 7.71. The monoisotopic (exact) mass is 332 g/mol. The molecule has 4 bridgehead atoms.